The Bertz CT molecular complexity index is 365. The summed E-state index contributed by atoms with van der Waals surface area (Å²) in [4.78, 5) is 8.24. The Hall–Kier alpha value is -1.38. The monoisotopic (exact) mass is 177 g/mol. The Morgan fingerprint density at radius 3 is 2.77 bits per heavy atom. The number of aryl methyl sites for hydroxylation is 1. The minimum atomic E-state index is 0.782. The molecule has 0 spiro atoms. The molecule has 0 amide bonds. The summed E-state index contributed by atoms with van der Waals surface area (Å²) in [7, 11) is 0. The smallest absolute Gasteiger partial charge is 0.233 e. The molecular weight excluding hydrogens is 162 g/mol. The highest BCUT2D eigenvalue weighted by molar-refractivity contribution is 5.30. The Balaban J connectivity index is 0.000000396. The van der Waals surface area contributed by atoms with Crippen molar-refractivity contribution in [3.05, 3.63) is 30.4 Å². The van der Waals surface area contributed by atoms with Crippen LogP contribution in [0.4, 0.5) is 0 Å². The summed E-state index contributed by atoms with van der Waals surface area (Å²) in [5, 5.41) is 0. The first-order chi connectivity index (χ1) is 6.42. The van der Waals surface area contributed by atoms with Crippen molar-refractivity contribution in [1.82, 2.24) is 14.4 Å². The molecule has 0 saturated carbocycles. The summed E-state index contributed by atoms with van der Waals surface area (Å²) in [6, 6.07) is 1.91. The number of aromatic nitrogens is 3. The van der Waals surface area contributed by atoms with E-state index in [2.05, 4.69) is 16.9 Å². The second-order valence-corrected chi connectivity index (χ2v) is 2.39. The highest BCUT2D eigenvalue weighted by atomic mass is 15.1. The first-order valence-corrected chi connectivity index (χ1v) is 4.69. The molecule has 70 valence electrons. The summed E-state index contributed by atoms with van der Waals surface area (Å²) < 4.78 is 2.00. The second kappa shape index (κ2) is 4.60. The maximum absolute atomic E-state index is 4.14. The molecule has 0 unspecified atom stereocenters. The Labute approximate surface area is 78.5 Å². The predicted octanol–water partition coefficient (Wildman–Crippen LogP) is 2.32. The van der Waals surface area contributed by atoms with E-state index in [9.17, 15) is 0 Å². The molecule has 0 aromatic carbocycles. The summed E-state index contributed by atoms with van der Waals surface area (Å²) >= 11 is 0. The highest BCUT2D eigenvalue weighted by Crippen LogP contribution is 2.02. The lowest BCUT2D eigenvalue weighted by atomic mass is 10.4. The van der Waals surface area contributed by atoms with Crippen molar-refractivity contribution >= 4 is 5.78 Å². The lowest BCUT2D eigenvalue weighted by Gasteiger charge is -1.94. The Morgan fingerprint density at radius 1 is 1.31 bits per heavy atom. The molecule has 0 atom stereocenters. The molecule has 2 aromatic rings. The third kappa shape index (κ3) is 1.86. The van der Waals surface area contributed by atoms with Gasteiger partial charge in [0.2, 0.25) is 5.78 Å². The third-order valence-corrected chi connectivity index (χ3v) is 1.73. The van der Waals surface area contributed by atoms with E-state index in [1.165, 1.54) is 5.69 Å². The lowest BCUT2D eigenvalue weighted by molar-refractivity contribution is 0.978. The average molecular weight is 177 g/mol. The van der Waals surface area contributed by atoms with Gasteiger partial charge in [-0.15, -0.1) is 0 Å². The summed E-state index contributed by atoms with van der Waals surface area (Å²) in [6.07, 6.45) is 6.59. The number of hydrogen-bond donors (Lipinski definition) is 0. The van der Waals surface area contributed by atoms with Crippen LogP contribution < -0.4 is 0 Å². The molecular formula is C10H15N3. The van der Waals surface area contributed by atoms with E-state index in [0.717, 1.165) is 12.2 Å². The van der Waals surface area contributed by atoms with Gasteiger partial charge in [-0.25, -0.2) is 9.97 Å². The first-order valence-electron chi connectivity index (χ1n) is 4.69. The van der Waals surface area contributed by atoms with Crippen LogP contribution in [0.2, 0.25) is 0 Å². The van der Waals surface area contributed by atoms with Crippen LogP contribution in [0.3, 0.4) is 0 Å². The van der Waals surface area contributed by atoms with Crippen LogP contribution in [0.5, 0.6) is 0 Å². The fourth-order valence-electron chi connectivity index (χ4n) is 1.14. The van der Waals surface area contributed by atoms with Gasteiger partial charge in [0, 0.05) is 18.1 Å². The molecule has 2 rings (SSSR count). The molecule has 3 heteroatoms. The second-order valence-electron chi connectivity index (χ2n) is 2.39. The van der Waals surface area contributed by atoms with Crippen molar-refractivity contribution in [3.8, 4) is 0 Å². The maximum Gasteiger partial charge on any atom is 0.233 e. The quantitative estimate of drug-likeness (QED) is 0.669. The van der Waals surface area contributed by atoms with Gasteiger partial charge in [0.15, 0.2) is 0 Å². The first kappa shape index (κ1) is 9.71. The molecule has 0 N–H and O–H groups in total. The molecule has 0 saturated heterocycles. The van der Waals surface area contributed by atoms with Crippen LogP contribution in [0.25, 0.3) is 5.78 Å². The van der Waals surface area contributed by atoms with Gasteiger partial charge >= 0.3 is 0 Å². The lowest BCUT2D eigenvalue weighted by Crippen LogP contribution is -1.90. The van der Waals surface area contributed by atoms with Gasteiger partial charge in [0.25, 0.3) is 0 Å². The summed E-state index contributed by atoms with van der Waals surface area (Å²) in [5.41, 5.74) is 1.20. The van der Waals surface area contributed by atoms with Crippen molar-refractivity contribution in [2.45, 2.75) is 27.2 Å². The minimum absolute atomic E-state index is 0.782. The normalized spacial score (nSPS) is 9.46. The van der Waals surface area contributed by atoms with Crippen LogP contribution in [-0.4, -0.2) is 14.4 Å². The number of imidazole rings is 1. The maximum atomic E-state index is 4.14. The van der Waals surface area contributed by atoms with Crippen LogP contribution in [0, 0.1) is 0 Å². The zero-order valence-electron chi connectivity index (χ0n) is 8.36. The largest absolute Gasteiger partial charge is 0.288 e. The van der Waals surface area contributed by atoms with Crippen molar-refractivity contribution in [1.29, 1.82) is 0 Å². The Morgan fingerprint density at radius 2 is 2.08 bits per heavy atom. The van der Waals surface area contributed by atoms with Crippen LogP contribution in [0.15, 0.2) is 24.7 Å². The molecule has 0 fully saturated rings. The van der Waals surface area contributed by atoms with E-state index < -0.39 is 0 Å². The zero-order chi connectivity index (χ0) is 9.68. The fraction of sp³-hybridized carbons (Fsp3) is 0.400. The number of hydrogen-bond acceptors (Lipinski definition) is 2. The summed E-state index contributed by atoms with van der Waals surface area (Å²) in [6.45, 7) is 6.11. The van der Waals surface area contributed by atoms with E-state index in [1.807, 2.05) is 36.7 Å². The van der Waals surface area contributed by atoms with Crippen molar-refractivity contribution in [2.75, 3.05) is 0 Å². The van der Waals surface area contributed by atoms with Gasteiger partial charge in [0.1, 0.15) is 0 Å². The molecule has 0 bridgehead atoms. The van der Waals surface area contributed by atoms with Crippen LogP contribution in [0.1, 0.15) is 26.5 Å². The van der Waals surface area contributed by atoms with Gasteiger partial charge in [0.05, 0.1) is 6.20 Å². The summed E-state index contributed by atoms with van der Waals surface area (Å²) in [5.74, 6) is 0.782. The number of rotatable bonds is 1. The SMILES string of the molecule is CC.CCc1cnc2ncccn12. The molecule has 3 nitrogen and oxygen atoms in total. The van der Waals surface area contributed by atoms with Gasteiger partial charge in [-0.3, -0.25) is 4.40 Å². The van der Waals surface area contributed by atoms with E-state index in [0.29, 0.717) is 0 Å². The molecule has 2 heterocycles. The highest BCUT2D eigenvalue weighted by Gasteiger charge is 1.98. The van der Waals surface area contributed by atoms with Gasteiger partial charge in [-0.05, 0) is 12.5 Å². The van der Waals surface area contributed by atoms with Gasteiger partial charge in [-0.2, -0.15) is 0 Å². The molecule has 0 aliphatic rings. The molecule has 0 aliphatic carbocycles. The van der Waals surface area contributed by atoms with Crippen LogP contribution in [-0.2, 0) is 6.42 Å². The molecule has 2 aromatic heterocycles. The third-order valence-electron chi connectivity index (χ3n) is 1.73. The van der Waals surface area contributed by atoms with Gasteiger partial charge < -0.3 is 0 Å². The number of nitrogens with zero attached hydrogens (tertiary/aromatic N) is 3. The molecule has 0 radical (unpaired) electrons. The van der Waals surface area contributed by atoms with E-state index in [1.54, 1.807) is 6.20 Å². The minimum Gasteiger partial charge on any atom is -0.288 e. The van der Waals surface area contributed by atoms with Gasteiger partial charge in [-0.1, -0.05) is 20.8 Å². The van der Waals surface area contributed by atoms with Crippen LogP contribution >= 0.6 is 0 Å². The average Bonchev–Trinajstić information content (AvgIpc) is 2.64. The molecule has 13 heavy (non-hydrogen) atoms. The molecule has 0 aliphatic heterocycles. The van der Waals surface area contributed by atoms with E-state index in [4.69, 9.17) is 0 Å². The standard InChI is InChI=1S/C8H9N3.C2H6/c1-2-7-6-10-8-9-4-3-5-11(7)8;1-2/h3-6H,2H2,1H3;1-2H3. The number of fused-ring (bicyclic) bond motifs is 1. The Kier molecular flexibility index (Phi) is 3.43. The fourth-order valence-corrected chi connectivity index (χ4v) is 1.14. The predicted molar refractivity (Wildman–Crippen MR) is 53.7 cm³/mol. The zero-order valence-corrected chi connectivity index (χ0v) is 8.36. The van der Waals surface area contributed by atoms with E-state index >= 15 is 0 Å². The van der Waals surface area contributed by atoms with Crippen molar-refractivity contribution in [3.63, 3.8) is 0 Å². The van der Waals surface area contributed by atoms with Crippen molar-refractivity contribution in [2.24, 2.45) is 0 Å². The van der Waals surface area contributed by atoms with Crippen molar-refractivity contribution < 1.29 is 0 Å². The topological polar surface area (TPSA) is 30.2 Å². The van der Waals surface area contributed by atoms with E-state index in [-0.39, 0.29) is 0 Å².